The third-order valence-corrected chi connectivity index (χ3v) is 3.87. The van der Waals surface area contributed by atoms with E-state index in [0.717, 1.165) is 10.3 Å². The van der Waals surface area contributed by atoms with Crippen molar-refractivity contribution in [2.45, 2.75) is 18.9 Å². The lowest BCUT2D eigenvalue weighted by molar-refractivity contribution is 0.0920. The van der Waals surface area contributed by atoms with Gasteiger partial charge in [0.2, 0.25) is 5.78 Å². The normalized spacial score (nSPS) is 13.8. The first-order valence-corrected chi connectivity index (χ1v) is 7.65. The summed E-state index contributed by atoms with van der Waals surface area (Å²) in [5, 5.41) is 3.29. The molecule has 0 amide bonds. The molecule has 1 aliphatic rings. The smallest absolute Gasteiger partial charge is 0.201 e. The fourth-order valence-electron chi connectivity index (χ4n) is 1.87. The highest BCUT2D eigenvalue weighted by Gasteiger charge is 2.21. The number of ketones is 1. The van der Waals surface area contributed by atoms with Gasteiger partial charge in [0.05, 0.1) is 4.47 Å². The summed E-state index contributed by atoms with van der Waals surface area (Å²) in [5.41, 5.74) is 0.559. The monoisotopic (exact) mass is 346 g/mol. The molecule has 108 valence electrons. The number of nitrogens with zero attached hydrogens (tertiary/aromatic N) is 1. The summed E-state index contributed by atoms with van der Waals surface area (Å²) < 4.78 is 6.35. The molecule has 0 atom stereocenters. The molecule has 1 aliphatic carbocycles. The Balaban J connectivity index is 1.58. The molecule has 2 aromatic rings. The van der Waals surface area contributed by atoms with Gasteiger partial charge in [-0.1, -0.05) is 12.1 Å². The molecule has 1 aromatic carbocycles. The Kier molecular flexibility index (Phi) is 4.20. The molecule has 3 rings (SSSR count). The molecule has 0 saturated heterocycles. The second-order valence-electron chi connectivity index (χ2n) is 4.99. The van der Waals surface area contributed by atoms with E-state index in [1.54, 1.807) is 12.3 Å². The van der Waals surface area contributed by atoms with Crippen molar-refractivity contribution in [3.63, 3.8) is 0 Å². The number of Topliss-reactive ketones (excluding diaryl/α,β-unsaturated/α-hetero) is 1. The Hall–Kier alpha value is -1.88. The maximum Gasteiger partial charge on any atom is 0.201 e. The first-order valence-electron chi connectivity index (χ1n) is 6.85. The molecule has 0 spiro atoms. The van der Waals surface area contributed by atoms with Crippen LogP contribution in [0.2, 0.25) is 0 Å². The van der Waals surface area contributed by atoms with Gasteiger partial charge in [0.25, 0.3) is 0 Å². The summed E-state index contributed by atoms with van der Waals surface area (Å²) in [7, 11) is 0. The van der Waals surface area contributed by atoms with Crippen LogP contribution in [0, 0.1) is 0 Å². The molecule has 1 N–H and O–H groups in total. The van der Waals surface area contributed by atoms with E-state index in [0.29, 0.717) is 17.4 Å². The summed E-state index contributed by atoms with van der Waals surface area (Å²) in [4.78, 5) is 16.3. The SMILES string of the molecule is O=C(COc1ccccc1Br)c1ccc(NC2CC2)nc1. The summed E-state index contributed by atoms with van der Waals surface area (Å²) in [6.07, 6.45) is 3.99. The number of hydrogen-bond acceptors (Lipinski definition) is 4. The van der Waals surface area contributed by atoms with Crippen molar-refractivity contribution in [3.8, 4) is 5.75 Å². The van der Waals surface area contributed by atoms with Crippen molar-refractivity contribution in [2.24, 2.45) is 0 Å². The Labute approximate surface area is 131 Å². The number of pyridine rings is 1. The maximum absolute atomic E-state index is 12.1. The van der Waals surface area contributed by atoms with Crippen LogP contribution in [0.4, 0.5) is 5.82 Å². The van der Waals surface area contributed by atoms with Gasteiger partial charge in [-0.2, -0.15) is 0 Å². The van der Waals surface area contributed by atoms with Crippen LogP contribution in [0.5, 0.6) is 5.75 Å². The lowest BCUT2D eigenvalue weighted by Crippen LogP contribution is -2.12. The van der Waals surface area contributed by atoms with Gasteiger partial charge in [-0.3, -0.25) is 4.79 Å². The number of aromatic nitrogens is 1. The maximum atomic E-state index is 12.1. The van der Waals surface area contributed by atoms with Gasteiger partial charge in [0.1, 0.15) is 11.6 Å². The number of hydrogen-bond donors (Lipinski definition) is 1. The van der Waals surface area contributed by atoms with E-state index in [1.807, 2.05) is 30.3 Å². The van der Waals surface area contributed by atoms with Crippen molar-refractivity contribution in [2.75, 3.05) is 11.9 Å². The lowest BCUT2D eigenvalue weighted by atomic mass is 10.2. The number of para-hydroxylation sites is 1. The number of ether oxygens (including phenoxy) is 1. The van der Waals surface area contributed by atoms with Crippen molar-refractivity contribution in [3.05, 3.63) is 52.6 Å². The van der Waals surface area contributed by atoms with Gasteiger partial charge in [-0.05, 0) is 53.0 Å². The predicted molar refractivity (Wildman–Crippen MR) is 84.8 cm³/mol. The number of carbonyl (C=O) groups excluding carboxylic acids is 1. The van der Waals surface area contributed by atoms with Gasteiger partial charge < -0.3 is 10.1 Å². The van der Waals surface area contributed by atoms with Gasteiger partial charge in [0.15, 0.2) is 6.61 Å². The van der Waals surface area contributed by atoms with E-state index in [-0.39, 0.29) is 12.4 Å². The molecule has 0 aliphatic heterocycles. The number of nitrogens with one attached hydrogen (secondary N) is 1. The zero-order valence-electron chi connectivity index (χ0n) is 11.4. The van der Waals surface area contributed by atoms with Crippen LogP contribution in [0.1, 0.15) is 23.2 Å². The number of carbonyl (C=O) groups is 1. The first-order chi connectivity index (χ1) is 10.2. The van der Waals surface area contributed by atoms with Crippen LogP contribution in [0.15, 0.2) is 47.1 Å². The van der Waals surface area contributed by atoms with Crippen LogP contribution < -0.4 is 10.1 Å². The molecular formula is C16H15BrN2O2. The van der Waals surface area contributed by atoms with E-state index in [1.165, 1.54) is 12.8 Å². The quantitative estimate of drug-likeness (QED) is 0.810. The Morgan fingerprint density at radius 1 is 1.29 bits per heavy atom. The summed E-state index contributed by atoms with van der Waals surface area (Å²) >= 11 is 3.38. The van der Waals surface area contributed by atoms with E-state index >= 15 is 0 Å². The first kappa shape index (κ1) is 14.1. The minimum atomic E-state index is -0.0868. The number of anilines is 1. The van der Waals surface area contributed by atoms with Crippen molar-refractivity contribution in [1.82, 2.24) is 4.98 Å². The molecule has 0 radical (unpaired) electrons. The molecule has 0 unspecified atom stereocenters. The highest BCUT2D eigenvalue weighted by atomic mass is 79.9. The number of rotatable bonds is 6. The third kappa shape index (κ3) is 3.82. The van der Waals surface area contributed by atoms with Crippen molar-refractivity contribution >= 4 is 27.5 Å². The zero-order chi connectivity index (χ0) is 14.7. The van der Waals surface area contributed by atoms with Gasteiger partial charge in [-0.25, -0.2) is 4.98 Å². The fourth-order valence-corrected chi connectivity index (χ4v) is 2.27. The highest BCUT2D eigenvalue weighted by molar-refractivity contribution is 9.10. The molecule has 5 heteroatoms. The highest BCUT2D eigenvalue weighted by Crippen LogP contribution is 2.24. The molecule has 1 saturated carbocycles. The van der Waals surface area contributed by atoms with Gasteiger partial charge in [-0.15, -0.1) is 0 Å². The molecule has 1 aromatic heterocycles. The Bertz CT molecular complexity index is 639. The molecular weight excluding hydrogens is 332 g/mol. The van der Waals surface area contributed by atoms with Crippen molar-refractivity contribution in [1.29, 1.82) is 0 Å². The summed E-state index contributed by atoms with van der Waals surface area (Å²) in [6.45, 7) is -0.000304. The largest absolute Gasteiger partial charge is 0.484 e. The molecule has 21 heavy (non-hydrogen) atoms. The van der Waals surface area contributed by atoms with Crippen LogP contribution in [0.25, 0.3) is 0 Å². The molecule has 0 bridgehead atoms. The summed E-state index contributed by atoms with van der Waals surface area (Å²) in [6, 6.07) is 11.6. The Morgan fingerprint density at radius 3 is 2.76 bits per heavy atom. The molecule has 1 heterocycles. The van der Waals surface area contributed by atoms with Crippen LogP contribution in [-0.4, -0.2) is 23.4 Å². The van der Waals surface area contributed by atoms with Gasteiger partial charge >= 0.3 is 0 Å². The Morgan fingerprint density at radius 2 is 2.10 bits per heavy atom. The summed E-state index contributed by atoms with van der Waals surface area (Å²) in [5.74, 6) is 1.39. The van der Waals surface area contributed by atoms with Gasteiger partial charge in [0, 0.05) is 17.8 Å². The van der Waals surface area contributed by atoms with Crippen LogP contribution >= 0.6 is 15.9 Å². The average Bonchev–Trinajstić information content (AvgIpc) is 3.31. The van der Waals surface area contributed by atoms with E-state index in [2.05, 4.69) is 26.2 Å². The second kappa shape index (κ2) is 6.26. The fraction of sp³-hybridized carbons (Fsp3) is 0.250. The second-order valence-corrected chi connectivity index (χ2v) is 5.85. The standard InChI is InChI=1S/C16H15BrN2O2/c17-13-3-1-2-4-15(13)21-10-14(20)11-5-8-16(18-9-11)19-12-6-7-12/h1-5,8-9,12H,6-7,10H2,(H,18,19). The zero-order valence-corrected chi connectivity index (χ0v) is 13.0. The van der Waals surface area contributed by atoms with Crippen LogP contribution in [0.3, 0.4) is 0 Å². The van der Waals surface area contributed by atoms with Crippen molar-refractivity contribution < 1.29 is 9.53 Å². The predicted octanol–water partition coefficient (Wildman–Crippen LogP) is 3.68. The number of benzene rings is 1. The minimum Gasteiger partial charge on any atom is -0.484 e. The van der Waals surface area contributed by atoms with E-state index in [9.17, 15) is 4.79 Å². The van der Waals surface area contributed by atoms with Crippen LogP contribution in [-0.2, 0) is 0 Å². The minimum absolute atomic E-state index is 0.000304. The average molecular weight is 347 g/mol. The molecule has 4 nitrogen and oxygen atoms in total. The van der Waals surface area contributed by atoms with E-state index < -0.39 is 0 Å². The van der Waals surface area contributed by atoms with E-state index in [4.69, 9.17) is 4.74 Å². The molecule has 1 fully saturated rings. The third-order valence-electron chi connectivity index (χ3n) is 3.21. The topological polar surface area (TPSA) is 51.2 Å². The lowest BCUT2D eigenvalue weighted by Gasteiger charge is -2.08. The number of halogens is 1.